The van der Waals surface area contributed by atoms with E-state index in [9.17, 15) is 19.2 Å². The Kier molecular flexibility index (Phi) is 3.42. The highest BCUT2D eigenvalue weighted by molar-refractivity contribution is 6.17. The van der Waals surface area contributed by atoms with Crippen molar-refractivity contribution in [1.29, 1.82) is 0 Å². The summed E-state index contributed by atoms with van der Waals surface area (Å²) in [7, 11) is 0. The first-order valence-electron chi connectivity index (χ1n) is 6.71. The van der Waals surface area contributed by atoms with Gasteiger partial charge in [0.15, 0.2) is 0 Å². The van der Waals surface area contributed by atoms with E-state index in [0.717, 1.165) is 11.1 Å². The van der Waals surface area contributed by atoms with Gasteiger partial charge in [0.25, 0.3) is 23.6 Å². The SMILES string of the molecule is O=C1C=C(Cc2ccccc2CC2=CC(=O)NC2=O)C(=O)N1. The molecule has 1 aromatic rings. The van der Waals surface area contributed by atoms with Gasteiger partial charge < -0.3 is 0 Å². The fourth-order valence-electron chi connectivity index (χ4n) is 2.48. The van der Waals surface area contributed by atoms with Gasteiger partial charge in [-0.3, -0.25) is 29.8 Å². The number of rotatable bonds is 4. The zero-order valence-electron chi connectivity index (χ0n) is 11.5. The molecule has 0 saturated carbocycles. The summed E-state index contributed by atoms with van der Waals surface area (Å²) < 4.78 is 0. The Balaban J connectivity index is 1.85. The Morgan fingerprint density at radius 3 is 1.41 bits per heavy atom. The Morgan fingerprint density at radius 2 is 1.09 bits per heavy atom. The number of imide groups is 2. The summed E-state index contributed by atoms with van der Waals surface area (Å²) in [4.78, 5) is 45.6. The average Bonchev–Trinajstić information content (AvgIpc) is 2.94. The number of amides is 4. The zero-order chi connectivity index (χ0) is 15.7. The second-order valence-corrected chi connectivity index (χ2v) is 5.10. The minimum atomic E-state index is -0.416. The monoisotopic (exact) mass is 296 g/mol. The summed E-state index contributed by atoms with van der Waals surface area (Å²) in [5, 5.41) is 4.40. The summed E-state index contributed by atoms with van der Waals surface area (Å²) in [6.07, 6.45) is 3.17. The molecule has 6 nitrogen and oxygen atoms in total. The summed E-state index contributed by atoms with van der Waals surface area (Å²) in [5.41, 5.74) is 2.45. The first kappa shape index (κ1) is 13.9. The second-order valence-electron chi connectivity index (χ2n) is 5.10. The van der Waals surface area contributed by atoms with Gasteiger partial charge in [-0.25, -0.2) is 0 Å². The maximum absolute atomic E-state index is 11.6. The van der Waals surface area contributed by atoms with Crippen LogP contribution in [0.15, 0.2) is 47.6 Å². The zero-order valence-corrected chi connectivity index (χ0v) is 11.5. The Morgan fingerprint density at radius 1 is 0.682 bits per heavy atom. The van der Waals surface area contributed by atoms with Gasteiger partial charge >= 0.3 is 0 Å². The Labute approximate surface area is 125 Å². The molecule has 0 radical (unpaired) electrons. The minimum absolute atomic E-state index is 0.302. The summed E-state index contributed by atoms with van der Waals surface area (Å²) in [6, 6.07) is 7.31. The van der Waals surface area contributed by atoms with Gasteiger partial charge in [-0.1, -0.05) is 24.3 Å². The van der Waals surface area contributed by atoms with E-state index in [1.807, 2.05) is 24.3 Å². The van der Waals surface area contributed by atoms with Crippen LogP contribution in [0.4, 0.5) is 0 Å². The maximum atomic E-state index is 11.6. The molecule has 0 bridgehead atoms. The molecular formula is C16H12N2O4. The lowest BCUT2D eigenvalue weighted by atomic mass is 9.95. The summed E-state index contributed by atoms with van der Waals surface area (Å²) in [5.74, 6) is -1.62. The second kappa shape index (κ2) is 5.40. The molecule has 0 saturated heterocycles. The molecule has 2 aliphatic rings. The molecule has 6 heteroatoms. The fourth-order valence-corrected chi connectivity index (χ4v) is 2.48. The van der Waals surface area contributed by atoms with Crippen molar-refractivity contribution in [1.82, 2.24) is 10.6 Å². The van der Waals surface area contributed by atoms with Gasteiger partial charge in [0.05, 0.1) is 0 Å². The third kappa shape index (κ3) is 2.71. The molecule has 2 heterocycles. The van der Waals surface area contributed by atoms with Crippen LogP contribution in [-0.2, 0) is 32.0 Å². The number of carbonyl (C=O) groups excluding carboxylic acids is 4. The van der Waals surface area contributed by atoms with Gasteiger partial charge in [0, 0.05) is 36.1 Å². The van der Waals surface area contributed by atoms with Crippen molar-refractivity contribution in [3.05, 3.63) is 58.7 Å². The van der Waals surface area contributed by atoms with Gasteiger partial charge in [-0.15, -0.1) is 0 Å². The largest absolute Gasteiger partial charge is 0.289 e. The van der Waals surface area contributed by atoms with Gasteiger partial charge in [0.2, 0.25) is 0 Å². The van der Waals surface area contributed by atoms with Crippen LogP contribution in [0.1, 0.15) is 11.1 Å². The molecule has 0 aliphatic carbocycles. The highest BCUT2D eigenvalue weighted by atomic mass is 16.2. The van der Waals surface area contributed by atoms with Crippen molar-refractivity contribution in [2.45, 2.75) is 12.8 Å². The van der Waals surface area contributed by atoms with E-state index in [1.165, 1.54) is 12.2 Å². The van der Waals surface area contributed by atoms with Gasteiger partial charge in [-0.2, -0.15) is 0 Å². The van der Waals surface area contributed by atoms with Gasteiger partial charge in [0.1, 0.15) is 0 Å². The van der Waals surface area contributed by atoms with Crippen molar-refractivity contribution >= 4 is 23.6 Å². The van der Waals surface area contributed by atoms with E-state index in [0.29, 0.717) is 24.0 Å². The van der Waals surface area contributed by atoms with Crippen LogP contribution in [0.2, 0.25) is 0 Å². The van der Waals surface area contributed by atoms with E-state index >= 15 is 0 Å². The predicted molar refractivity (Wildman–Crippen MR) is 76.3 cm³/mol. The van der Waals surface area contributed by atoms with Crippen LogP contribution in [0.3, 0.4) is 0 Å². The molecule has 1 aromatic carbocycles. The average molecular weight is 296 g/mol. The van der Waals surface area contributed by atoms with Gasteiger partial charge in [-0.05, 0) is 11.1 Å². The highest BCUT2D eigenvalue weighted by Gasteiger charge is 2.24. The summed E-state index contributed by atoms with van der Waals surface area (Å²) >= 11 is 0. The third-order valence-electron chi connectivity index (χ3n) is 3.55. The van der Waals surface area contributed by atoms with Crippen LogP contribution in [-0.4, -0.2) is 23.6 Å². The smallest absolute Gasteiger partial charge is 0.254 e. The predicted octanol–water partition coefficient (Wildman–Crippen LogP) is -0.0628. The minimum Gasteiger partial charge on any atom is -0.289 e. The standard InChI is InChI=1S/C16H12N2O4/c19-13-7-11(15(21)17-13)5-9-3-1-2-4-10(9)6-12-8-14(20)18-16(12)22/h1-4,7-8H,5-6H2,(H,17,19,21)(H,18,20,22). The fraction of sp³-hybridized carbons (Fsp3) is 0.125. The molecule has 0 aromatic heterocycles. The number of carbonyl (C=O) groups is 4. The maximum Gasteiger partial charge on any atom is 0.254 e. The van der Waals surface area contributed by atoms with E-state index in [2.05, 4.69) is 10.6 Å². The highest BCUT2D eigenvalue weighted by Crippen LogP contribution is 2.20. The van der Waals surface area contributed by atoms with Crippen molar-refractivity contribution < 1.29 is 19.2 Å². The first-order valence-corrected chi connectivity index (χ1v) is 6.71. The number of hydrogen-bond donors (Lipinski definition) is 2. The number of hydrogen-bond acceptors (Lipinski definition) is 4. The Hall–Kier alpha value is -3.02. The number of nitrogens with one attached hydrogen (secondary N) is 2. The van der Waals surface area contributed by atoms with Crippen molar-refractivity contribution in [3.8, 4) is 0 Å². The quantitative estimate of drug-likeness (QED) is 0.761. The topological polar surface area (TPSA) is 92.3 Å². The van der Waals surface area contributed by atoms with Crippen molar-refractivity contribution in [2.75, 3.05) is 0 Å². The van der Waals surface area contributed by atoms with Crippen LogP contribution in [0.5, 0.6) is 0 Å². The van der Waals surface area contributed by atoms with E-state index in [1.54, 1.807) is 0 Å². The van der Waals surface area contributed by atoms with E-state index in [-0.39, 0.29) is 0 Å². The molecule has 22 heavy (non-hydrogen) atoms. The van der Waals surface area contributed by atoms with E-state index in [4.69, 9.17) is 0 Å². The molecule has 0 spiro atoms. The molecule has 0 unspecified atom stereocenters. The first-order chi connectivity index (χ1) is 10.5. The van der Waals surface area contributed by atoms with Crippen LogP contribution >= 0.6 is 0 Å². The molecule has 2 aliphatic heterocycles. The molecule has 3 rings (SSSR count). The van der Waals surface area contributed by atoms with Crippen LogP contribution in [0, 0.1) is 0 Å². The normalized spacial score (nSPS) is 17.3. The summed E-state index contributed by atoms with van der Waals surface area (Å²) in [6.45, 7) is 0. The van der Waals surface area contributed by atoms with Crippen molar-refractivity contribution in [3.63, 3.8) is 0 Å². The molecule has 110 valence electrons. The van der Waals surface area contributed by atoms with Crippen LogP contribution in [0.25, 0.3) is 0 Å². The third-order valence-corrected chi connectivity index (χ3v) is 3.55. The number of benzene rings is 1. The molecule has 4 amide bonds. The lowest BCUT2D eigenvalue weighted by Crippen LogP contribution is -2.23. The molecule has 2 N–H and O–H groups in total. The van der Waals surface area contributed by atoms with E-state index < -0.39 is 23.6 Å². The van der Waals surface area contributed by atoms with Crippen molar-refractivity contribution in [2.24, 2.45) is 0 Å². The lowest BCUT2D eigenvalue weighted by Gasteiger charge is -2.09. The van der Waals surface area contributed by atoms with Crippen LogP contribution < -0.4 is 10.6 Å². The molecule has 0 atom stereocenters. The lowest BCUT2D eigenvalue weighted by molar-refractivity contribution is -0.125. The molecular weight excluding hydrogens is 284 g/mol. The Bertz CT molecular complexity index is 709. The molecule has 0 fully saturated rings.